The predicted molar refractivity (Wildman–Crippen MR) is 152 cm³/mol. The Morgan fingerprint density at radius 3 is 1.67 bits per heavy atom. The molecule has 0 spiro atoms. The fourth-order valence-electron chi connectivity index (χ4n) is 7.13. The third-order valence-electron chi connectivity index (χ3n) is 9.43. The molecule has 1 heteroatoms. The summed E-state index contributed by atoms with van der Waals surface area (Å²) < 4.78 is 0. The van der Waals surface area contributed by atoms with E-state index in [2.05, 4.69) is 132 Å². The lowest BCUT2D eigenvalue weighted by Gasteiger charge is -2.28. The highest BCUT2D eigenvalue weighted by atomic mass is 15.2. The van der Waals surface area contributed by atoms with Crippen molar-refractivity contribution < 1.29 is 0 Å². The van der Waals surface area contributed by atoms with Crippen molar-refractivity contribution in [2.45, 2.75) is 57.8 Å². The van der Waals surface area contributed by atoms with E-state index < -0.39 is 0 Å². The van der Waals surface area contributed by atoms with Crippen LogP contribution in [0.2, 0.25) is 0 Å². The minimum Gasteiger partial charge on any atom is -0.314 e. The van der Waals surface area contributed by atoms with Crippen LogP contribution >= 0.6 is 0 Å². The van der Waals surface area contributed by atoms with Crippen LogP contribution in [0.25, 0.3) is 22.3 Å². The lowest BCUT2D eigenvalue weighted by molar-refractivity contribution is 0.644. The van der Waals surface area contributed by atoms with Gasteiger partial charge in [0.15, 0.2) is 0 Å². The van der Waals surface area contributed by atoms with Gasteiger partial charge in [-0.05, 0) is 74.3 Å². The van der Waals surface area contributed by atoms with Crippen LogP contribution in [-0.2, 0) is 16.2 Å². The highest BCUT2D eigenvalue weighted by Gasteiger charge is 2.44. The Kier molecular flexibility index (Phi) is 3.97. The number of rotatable bonds is 1. The minimum absolute atomic E-state index is 0.0249. The number of hydrogen-bond acceptors (Lipinski definition) is 1. The molecular weight excluding hydrogens is 434 g/mol. The minimum atomic E-state index is -0.149. The van der Waals surface area contributed by atoms with Gasteiger partial charge in [-0.2, -0.15) is 0 Å². The Labute approximate surface area is 215 Å². The lowest BCUT2D eigenvalue weighted by Crippen LogP contribution is -2.22. The summed E-state index contributed by atoms with van der Waals surface area (Å²) in [5.41, 5.74) is 15.9. The second-order valence-corrected chi connectivity index (χ2v) is 12.4. The standard InChI is InChI=1S/C35H33N/c1-21-33(2,3)31-19-26-24-13-9-11-15-28(24)35(6,7)30(26)20-32(31)36(21)22-16-17-25-23-12-8-10-14-27(23)34(4,5)29(25)18-22/h8-20H,1H2,2-7H3. The van der Waals surface area contributed by atoms with Gasteiger partial charge >= 0.3 is 0 Å². The molecule has 4 aromatic carbocycles. The van der Waals surface area contributed by atoms with Crippen molar-refractivity contribution in [2.24, 2.45) is 0 Å². The van der Waals surface area contributed by atoms with Gasteiger partial charge in [-0.3, -0.25) is 0 Å². The summed E-state index contributed by atoms with van der Waals surface area (Å²) in [4.78, 5) is 2.42. The van der Waals surface area contributed by atoms with Crippen LogP contribution in [0, 0.1) is 0 Å². The second-order valence-electron chi connectivity index (χ2n) is 12.4. The normalized spacial score (nSPS) is 18.9. The van der Waals surface area contributed by atoms with Crippen molar-refractivity contribution >= 4 is 11.4 Å². The first kappa shape index (κ1) is 21.7. The molecule has 178 valence electrons. The zero-order valence-corrected chi connectivity index (χ0v) is 22.2. The number of fused-ring (bicyclic) bond motifs is 7. The van der Waals surface area contributed by atoms with Crippen LogP contribution in [0.4, 0.5) is 11.4 Å². The summed E-state index contributed by atoms with van der Waals surface area (Å²) in [7, 11) is 0. The molecule has 0 saturated carbocycles. The molecule has 4 aromatic rings. The molecule has 0 N–H and O–H groups in total. The smallest absolute Gasteiger partial charge is 0.0503 e. The third kappa shape index (κ3) is 2.46. The van der Waals surface area contributed by atoms with Crippen molar-refractivity contribution in [3.63, 3.8) is 0 Å². The maximum absolute atomic E-state index is 4.66. The summed E-state index contributed by atoms with van der Waals surface area (Å²) in [6.07, 6.45) is 0. The molecule has 1 heterocycles. The SMILES string of the molecule is C=C1N(c2ccc3c(c2)C(C)(C)c2ccccc2-3)c2cc3c(cc2C1(C)C)-c1ccccc1C3(C)C. The van der Waals surface area contributed by atoms with Crippen molar-refractivity contribution in [3.8, 4) is 22.3 Å². The summed E-state index contributed by atoms with van der Waals surface area (Å²) in [6.45, 7) is 18.7. The third-order valence-corrected chi connectivity index (χ3v) is 9.43. The molecule has 1 nitrogen and oxygen atoms in total. The molecule has 36 heavy (non-hydrogen) atoms. The molecule has 3 aliphatic rings. The first-order chi connectivity index (χ1) is 17.0. The molecule has 1 aliphatic heterocycles. The first-order valence-corrected chi connectivity index (χ1v) is 13.1. The maximum atomic E-state index is 4.66. The van der Waals surface area contributed by atoms with E-state index in [1.54, 1.807) is 0 Å². The van der Waals surface area contributed by atoms with Gasteiger partial charge in [-0.1, -0.05) is 103 Å². The van der Waals surface area contributed by atoms with E-state index in [9.17, 15) is 0 Å². The van der Waals surface area contributed by atoms with E-state index in [-0.39, 0.29) is 16.2 Å². The molecule has 0 amide bonds. The molecule has 0 aromatic heterocycles. The van der Waals surface area contributed by atoms with Gasteiger partial charge in [0, 0.05) is 27.6 Å². The van der Waals surface area contributed by atoms with Crippen LogP contribution in [0.1, 0.15) is 69.4 Å². The average Bonchev–Trinajstić information content (AvgIpc) is 3.32. The molecule has 0 radical (unpaired) electrons. The van der Waals surface area contributed by atoms with Crippen LogP contribution in [0.3, 0.4) is 0 Å². The Bertz CT molecular complexity index is 1630. The summed E-state index contributed by atoms with van der Waals surface area (Å²) >= 11 is 0. The Morgan fingerprint density at radius 1 is 0.500 bits per heavy atom. The molecule has 0 saturated heterocycles. The Hall–Kier alpha value is -3.58. The summed E-state index contributed by atoms with van der Waals surface area (Å²) in [5.74, 6) is 0. The maximum Gasteiger partial charge on any atom is 0.0503 e. The summed E-state index contributed by atoms with van der Waals surface area (Å²) in [5, 5.41) is 0. The van der Waals surface area contributed by atoms with Crippen LogP contribution in [0.15, 0.2) is 91.1 Å². The van der Waals surface area contributed by atoms with Crippen molar-refractivity contribution in [3.05, 3.63) is 119 Å². The molecule has 7 rings (SSSR count). The molecule has 2 aliphatic carbocycles. The number of nitrogens with zero attached hydrogens (tertiary/aromatic N) is 1. The highest BCUT2D eigenvalue weighted by molar-refractivity contribution is 5.90. The quantitative estimate of drug-likeness (QED) is 0.270. The fraction of sp³-hybridized carbons (Fsp3) is 0.257. The van der Waals surface area contributed by atoms with Gasteiger partial charge in [0.05, 0.1) is 5.69 Å². The van der Waals surface area contributed by atoms with E-state index in [0.717, 1.165) is 5.70 Å². The van der Waals surface area contributed by atoms with Crippen molar-refractivity contribution in [1.82, 2.24) is 0 Å². The van der Waals surface area contributed by atoms with E-state index in [0.29, 0.717) is 0 Å². The van der Waals surface area contributed by atoms with Crippen molar-refractivity contribution in [2.75, 3.05) is 4.90 Å². The monoisotopic (exact) mass is 467 g/mol. The van der Waals surface area contributed by atoms with E-state index in [1.165, 1.54) is 61.4 Å². The first-order valence-electron chi connectivity index (χ1n) is 13.1. The number of anilines is 2. The largest absolute Gasteiger partial charge is 0.314 e. The second kappa shape index (κ2) is 6.59. The molecule has 0 fully saturated rings. The predicted octanol–water partition coefficient (Wildman–Crippen LogP) is 9.24. The number of hydrogen-bond donors (Lipinski definition) is 0. The van der Waals surface area contributed by atoms with Crippen LogP contribution in [0.5, 0.6) is 0 Å². The Balaban J connectivity index is 1.44. The summed E-state index contributed by atoms with van der Waals surface area (Å²) in [6, 6.07) is 29.7. The number of benzene rings is 4. The van der Waals surface area contributed by atoms with Gasteiger partial charge in [0.25, 0.3) is 0 Å². The lowest BCUT2D eigenvalue weighted by atomic mass is 9.80. The Morgan fingerprint density at radius 2 is 1.03 bits per heavy atom. The van der Waals surface area contributed by atoms with E-state index in [4.69, 9.17) is 0 Å². The van der Waals surface area contributed by atoms with Gasteiger partial charge < -0.3 is 4.90 Å². The molecular formula is C35H33N. The number of allylic oxidation sites excluding steroid dienone is 1. The van der Waals surface area contributed by atoms with Gasteiger partial charge in [-0.25, -0.2) is 0 Å². The van der Waals surface area contributed by atoms with Gasteiger partial charge in [0.1, 0.15) is 0 Å². The molecule has 0 unspecified atom stereocenters. The average molecular weight is 468 g/mol. The van der Waals surface area contributed by atoms with E-state index in [1.807, 2.05) is 0 Å². The molecule has 0 atom stereocenters. The highest BCUT2D eigenvalue weighted by Crippen LogP contribution is 2.58. The van der Waals surface area contributed by atoms with Crippen molar-refractivity contribution in [1.29, 1.82) is 0 Å². The van der Waals surface area contributed by atoms with Crippen LogP contribution in [-0.4, -0.2) is 0 Å². The zero-order chi connectivity index (χ0) is 25.2. The van der Waals surface area contributed by atoms with Crippen LogP contribution < -0.4 is 4.90 Å². The van der Waals surface area contributed by atoms with Gasteiger partial charge in [0.2, 0.25) is 0 Å². The van der Waals surface area contributed by atoms with E-state index >= 15 is 0 Å². The molecule has 0 bridgehead atoms. The zero-order valence-electron chi connectivity index (χ0n) is 22.2. The topological polar surface area (TPSA) is 3.24 Å². The van der Waals surface area contributed by atoms with Gasteiger partial charge in [-0.15, -0.1) is 0 Å². The fourth-order valence-corrected chi connectivity index (χ4v) is 7.13.